The summed E-state index contributed by atoms with van der Waals surface area (Å²) in [7, 11) is 3.02. The second-order valence-electron chi connectivity index (χ2n) is 6.14. The van der Waals surface area contributed by atoms with E-state index in [0.717, 1.165) is 0 Å². The highest BCUT2D eigenvalue weighted by molar-refractivity contribution is 5.95. The Morgan fingerprint density at radius 3 is 2.27 bits per heavy atom. The number of rotatable bonds is 8. The number of hydrogen-bond donors (Lipinski definition) is 1. The molecule has 154 valence electrons. The topological polar surface area (TPSA) is 83.1 Å². The highest BCUT2D eigenvalue weighted by atomic mass is 16.5. The van der Waals surface area contributed by atoms with Gasteiger partial charge in [0.25, 0.3) is 5.91 Å². The van der Waals surface area contributed by atoms with E-state index < -0.39 is 18.5 Å². The number of ether oxygens (including phenoxy) is 4. The van der Waals surface area contributed by atoms with Crippen molar-refractivity contribution in [3.05, 3.63) is 78.4 Å². The summed E-state index contributed by atoms with van der Waals surface area (Å²) >= 11 is 0. The molecule has 0 saturated carbocycles. The van der Waals surface area contributed by atoms with Crippen LogP contribution < -0.4 is 19.5 Å². The van der Waals surface area contributed by atoms with Crippen molar-refractivity contribution < 1.29 is 28.5 Å². The molecule has 7 nitrogen and oxygen atoms in total. The second kappa shape index (κ2) is 9.97. The van der Waals surface area contributed by atoms with E-state index in [1.54, 1.807) is 42.5 Å². The summed E-state index contributed by atoms with van der Waals surface area (Å²) in [5.41, 5.74) is 0.773. The number of esters is 1. The molecule has 30 heavy (non-hydrogen) atoms. The van der Waals surface area contributed by atoms with E-state index in [9.17, 15) is 9.59 Å². The molecule has 3 aromatic carbocycles. The summed E-state index contributed by atoms with van der Waals surface area (Å²) in [6, 6.07) is 20.7. The van der Waals surface area contributed by atoms with Crippen LogP contribution in [0.3, 0.4) is 0 Å². The van der Waals surface area contributed by atoms with Crippen LogP contribution in [-0.4, -0.2) is 32.7 Å². The van der Waals surface area contributed by atoms with Crippen molar-refractivity contribution in [2.75, 3.05) is 26.1 Å². The number of anilines is 1. The molecule has 0 radical (unpaired) electrons. The summed E-state index contributed by atoms with van der Waals surface area (Å²) < 4.78 is 21.2. The third-order valence-corrected chi connectivity index (χ3v) is 4.05. The SMILES string of the molecule is COc1ccc(NC(=O)COC(=O)c2cccc(Oc3ccccc3)c2)cc1OC. The lowest BCUT2D eigenvalue weighted by Gasteiger charge is -2.11. The molecule has 1 N–H and O–H groups in total. The maximum absolute atomic E-state index is 12.3. The molecule has 0 spiro atoms. The Morgan fingerprint density at radius 2 is 1.53 bits per heavy atom. The predicted octanol–water partition coefficient (Wildman–Crippen LogP) is 4.29. The van der Waals surface area contributed by atoms with Crippen molar-refractivity contribution >= 4 is 17.6 Å². The van der Waals surface area contributed by atoms with E-state index in [4.69, 9.17) is 18.9 Å². The molecule has 3 aromatic rings. The van der Waals surface area contributed by atoms with Gasteiger partial charge in [0.15, 0.2) is 18.1 Å². The summed E-state index contributed by atoms with van der Waals surface area (Å²) in [6.45, 7) is -0.434. The summed E-state index contributed by atoms with van der Waals surface area (Å²) in [4.78, 5) is 24.4. The van der Waals surface area contributed by atoms with Crippen LogP contribution in [0.2, 0.25) is 0 Å². The number of benzene rings is 3. The minimum absolute atomic E-state index is 0.280. The van der Waals surface area contributed by atoms with Crippen LogP contribution in [0.25, 0.3) is 0 Å². The van der Waals surface area contributed by atoms with Crippen LogP contribution in [0, 0.1) is 0 Å². The van der Waals surface area contributed by atoms with E-state index in [-0.39, 0.29) is 5.56 Å². The smallest absolute Gasteiger partial charge is 0.338 e. The highest BCUT2D eigenvalue weighted by Gasteiger charge is 2.13. The Labute approximate surface area is 174 Å². The molecule has 0 aliphatic rings. The Balaban J connectivity index is 1.56. The van der Waals surface area contributed by atoms with Crippen molar-refractivity contribution in [1.82, 2.24) is 0 Å². The molecule has 3 rings (SSSR count). The number of amides is 1. The molecule has 0 aromatic heterocycles. The molecule has 0 fully saturated rings. The van der Waals surface area contributed by atoms with Gasteiger partial charge in [-0.3, -0.25) is 4.79 Å². The van der Waals surface area contributed by atoms with Gasteiger partial charge in [0, 0.05) is 11.8 Å². The molecule has 0 aliphatic carbocycles. The van der Waals surface area contributed by atoms with Crippen molar-refractivity contribution in [2.24, 2.45) is 0 Å². The Morgan fingerprint density at radius 1 is 0.800 bits per heavy atom. The van der Waals surface area contributed by atoms with E-state index in [0.29, 0.717) is 28.7 Å². The quantitative estimate of drug-likeness (QED) is 0.561. The van der Waals surface area contributed by atoms with Crippen molar-refractivity contribution in [3.8, 4) is 23.0 Å². The number of carbonyl (C=O) groups is 2. The van der Waals surface area contributed by atoms with Gasteiger partial charge >= 0.3 is 5.97 Å². The Hall–Kier alpha value is -4.00. The van der Waals surface area contributed by atoms with Crippen LogP contribution in [0.4, 0.5) is 5.69 Å². The first-order valence-electron chi connectivity index (χ1n) is 9.11. The number of para-hydroxylation sites is 1. The third kappa shape index (κ3) is 5.51. The first-order valence-corrected chi connectivity index (χ1v) is 9.11. The monoisotopic (exact) mass is 407 g/mol. The van der Waals surface area contributed by atoms with Gasteiger partial charge in [-0.25, -0.2) is 4.79 Å². The van der Waals surface area contributed by atoms with Gasteiger partial charge in [0.05, 0.1) is 19.8 Å². The zero-order valence-electron chi connectivity index (χ0n) is 16.6. The first kappa shape index (κ1) is 20.7. The summed E-state index contributed by atoms with van der Waals surface area (Å²) in [5.74, 6) is 1.05. The number of hydrogen-bond acceptors (Lipinski definition) is 6. The van der Waals surface area contributed by atoms with Gasteiger partial charge in [-0.05, 0) is 42.5 Å². The lowest BCUT2D eigenvalue weighted by atomic mass is 10.2. The van der Waals surface area contributed by atoms with E-state index in [1.807, 2.05) is 30.3 Å². The average Bonchev–Trinajstić information content (AvgIpc) is 2.78. The largest absolute Gasteiger partial charge is 0.493 e. The van der Waals surface area contributed by atoms with Gasteiger partial charge in [-0.15, -0.1) is 0 Å². The second-order valence-corrected chi connectivity index (χ2v) is 6.14. The molecular formula is C23H21NO6. The fraction of sp³-hybridized carbons (Fsp3) is 0.130. The molecule has 0 bridgehead atoms. The molecule has 0 saturated heterocycles. The van der Waals surface area contributed by atoms with E-state index in [1.165, 1.54) is 14.2 Å². The van der Waals surface area contributed by atoms with E-state index in [2.05, 4.69) is 5.32 Å². The molecule has 0 aliphatic heterocycles. The number of carbonyl (C=O) groups excluding carboxylic acids is 2. The first-order chi connectivity index (χ1) is 14.6. The van der Waals surface area contributed by atoms with Crippen LogP contribution >= 0.6 is 0 Å². The molecule has 0 atom stereocenters. The molecular weight excluding hydrogens is 386 g/mol. The number of nitrogens with one attached hydrogen (secondary N) is 1. The zero-order valence-corrected chi connectivity index (χ0v) is 16.6. The standard InChI is InChI=1S/C23H21NO6/c1-27-20-12-11-17(14-21(20)28-2)24-22(25)15-29-23(26)16-7-6-10-19(13-16)30-18-8-4-3-5-9-18/h3-14H,15H2,1-2H3,(H,24,25). The maximum atomic E-state index is 12.3. The lowest BCUT2D eigenvalue weighted by Crippen LogP contribution is -2.21. The van der Waals surface area contributed by atoms with Gasteiger partial charge in [-0.2, -0.15) is 0 Å². The van der Waals surface area contributed by atoms with Crippen molar-refractivity contribution in [1.29, 1.82) is 0 Å². The molecule has 0 heterocycles. The molecule has 0 unspecified atom stereocenters. The normalized spacial score (nSPS) is 10.1. The average molecular weight is 407 g/mol. The molecule has 7 heteroatoms. The summed E-state index contributed by atoms with van der Waals surface area (Å²) in [5, 5.41) is 2.64. The van der Waals surface area contributed by atoms with Crippen molar-refractivity contribution in [2.45, 2.75) is 0 Å². The third-order valence-electron chi connectivity index (χ3n) is 4.05. The van der Waals surface area contributed by atoms with Gasteiger partial charge in [0.1, 0.15) is 11.5 Å². The van der Waals surface area contributed by atoms with Crippen molar-refractivity contribution in [3.63, 3.8) is 0 Å². The van der Waals surface area contributed by atoms with E-state index >= 15 is 0 Å². The van der Waals surface area contributed by atoms with Gasteiger partial charge in [0.2, 0.25) is 0 Å². The lowest BCUT2D eigenvalue weighted by molar-refractivity contribution is -0.119. The Bertz CT molecular complexity index is 1020. The zero-order chi connectivity index (χ0) is 21.3. The summed E-state index contributed by atoms with van der Waals surface area (Å²) in [6.07, 6.45) is 0. The van der Waals surface area contributed by atoms with Crippen LogP contribution in [0.1, 0.15) is 10.4 Å². The highest BCUT2D eigenvalue weighted by Crippen LogP contribution is 2.29. The van der Waals surface area contributed by atoms with Crippen LogP contribution in [0.5, 0.6) is 23.0 Å². The fourth-order valence-corrected chi connectivity index (χ4v) is 2.64. The maximum Gasteiger partial charge on any atom is 0.338 e. The van der Waals surface area contributed by atoms with Gasteiger partial charge in [-0.1, -0.05) is 24.3 Å². The predicted molar refractivity (Wildman–Crippen MR) is 111 cm³/mol. The Kier molecular flexibility index (Phi) is 6.89. The fourth-order valence-electron chi connectivity index (χ4n) is 2.64. The minimum atomic E-state index is -0.629. The van der Waals surface area contributed by atoms with Crippen LogP contribution in [0.15, 0.2) is 72.8 Å². The van der Waals surface area contributed by atoms with Gasteiger partial charge < -0.3 is 24.3 Å². The van der Waals surface area contributed by atoms with Crippen LogP contribution in [-0.2, 0) is 9.53 Å². The number of methoxy groups -OCH3 is 2. The molecule has 1 amide bonds. The minimum Gasteiger partial charge on any atom is -0.493 e.